The van der Waals surface area contributed by atoms with Crippen LogP contribution in [0.1, 0.15) is 104 Å². The van der Waals surface area contributed by atoms with E-state index < -0.39 is 0 Å². The summed E-state index contributed by atoms with van der Waals surface area (Å²) in [4.78, 5) is 25.5. The van der Waals surface area contributed by atoms with Crippen molar-refractivity contribution >= 4 is 11.8 Å². The average molecular weight is 648 g/mol. The maximum absolute atomic E-state index is 12.9. The summed E-state index contributed by atoms with van der Waals surface area (Å²) < 4.78 is 17.9. The van der Waals surface area contributed by atoms with E-state index in [2.05, 4.69) is 43.6 Å². The molecule has 47 heavy (non-hydrogen) atoms. The Morgan fingerprint density at radius 3 is 2.57 bits per heavy atom. The lowest BCUT2D eigenvalue weighted by molar-refractivity contribution is -0.137. The molecule has 1 aromatic rings. The Morgan fingerprint density at radius 1 is 0.915 bits per heavy atom. The Balaban J connectivity index is 0.832. The van der Waals surface area contributed by atoms with Crippen molar-refractivity contribution in [1.82, 2.24) is 16.0 Å². The maximum Gasteiger partial charge on any atom is 0.231 e. The van der Waals surface area contributed by atoms with Gasteiger partial charge < -0.3 is 24.8 Å². The Labute approximate surface area is 281 Å². The summed E-state index contributed by atoms with van der Waals surface area (Å²) in [6, 6.07) is 6.02. The molecule has 8 heteroatoms. The highest BCUT2D eigenvalue weighted by atomic mass is 16.7. The summed E-state index contributed by atoms with van der Waals surface area (Å²) in [5.74, 6) is 6.15. The topological polar surface area (TPSA) is 97.9 Å². The van der Waals surface area contributed by atoms with E-state index in [1.54, 1.807) is 0 Å². The lowest BCUT2D eigenvalue weighted by Gasteiger charge is -2.61. The SMILES string of the molecule is C[C@@H]1CC[C@@]2(NC1)O[C@H]1C[C@H]3[C@@H]4CC[C@H]5C[C@H](NC(=O)CC(=O)NCCc6ccc7c(c6)OCO7)CC[C@]5(C)[C@H]4CC[C@]3(C)[C@H]1[C@@H]2C. The zero-order chi connectivity index (χ0) is 32.6. The van der Waals surface area contributed by atoms with Crippen molar-refractivity contribution in [2.75, 3.05) is 19.9 Å². The fraction of sp³-hybridized carbons (Fsp3) is 0.795. The molecular formula is C39H57N3O5. The molecule has 3 heterocycles. The predicted octanol–water partition coefficient (Wildman–Crippen LogP) is 5.97. The van der Waals surface area contributed by atoms with E-state index in [1.165, 1.54) is 51.4 Å². The van der Waals surface area contributed by atoms with Gasteiger partial charge >= 0.3 is 0 Å². The number of carbonyl (C=O) groups is 2. The summed E-state index contributed by atoms with van der Waals surface area (Å²) >= 11 is 0. The number of piperidine rings is 1. The maximum atomic E-state index is 12.9. The van der Waals surface area contributed by atoms with Crippen LogP contribution in [0, 0.1) is 52.3 Å². The van der Waals surface area contributed by atoms with Gasteiger partial charge in [-0.2, -0.15) is 0 Å². The molecular weight excluding hydrogens is 590 g/mol. The first-order valence-corrected chi connectivity index (χ1v) is 19.0. The summed E-state index contributed by atoms with van der Waals surface area (Å²) in [6.45, 7) is 11.9. The second-order valence-electron chi connectivity index (χ2n) is 17.3. The third-order valence-corrected chi connectivity index (χ3v) is 15.0. The highest BCUT2D eigenvalue weighted by Gasteiger charge is 2.68. The molecule has 8 rings (SSSR count). The van der Waals surface area contributed by atoms with Crippen LogP contribution in [0.25, 0.3) is 0 Å². The number of rotatable bonds is 6. The van der Waals surface area contributed by atoms with E-state index in [-0.39, 0.29) is 36.8 Å². The van der Waals surface area contributed by atoms with Gasteiger partial charge in [-0.1, -0.05) is 33.8 Å². The smallest absolute Gasteiger partial charge is 0.231 e. The van der Waals surface area contributed by atoms with Crippen LogP contribution in [0.5, 0.6) is 11.5 Å². The van der Waals surface area contributed by atoms with Gasteiger partial charge in [0.25, 0.3) is 0 Å². The normalized spacial score (nSPS) is 44.6. The van der Waals surface area contributed by atoms with Crippen molar-refractivity contribution in [3.8, 4) is 11.5 Å². The van der Waals surface area contributed by atoms with Gasteiger partial charge in [-0.05, 0) is 135 Å². The number of amides is 2. The van der Waals surface area contributed by atoms with Gasteiger partial charge in [-0.25, -0.2) is 0 Å². The van der Waals surface area contributed by atoms with Gasteiger partial charge in [0.2, 0.25) is 18.6 Å². The van der Waals surface area contributed by atoms with Gasteiger partial charge in [-0.3, -0.25) is 14.9 Å². The fourth-order valence-electron chi connectivity index (χ4n) is 12.5. The molecule has 7 aliphatic rings. The van der Waals surface area contributed by atoms with Crippen LogP contribution < -0.4 is 25.4 Å². The minimum absolute atomic E-state index is 0.0893. The Kier molecular flexibility index (Phi) is 8.10. The van der Waals surface area contributed by atoms with Crippen LogP contribution in [0.2, 0.25) is 0 Å². The van der Waals surface area contributed by atoms with Crippen LogP contribution >= 0.6 is 0 Å². The van der Waals surface area contributed by atoms with Crippen molar-refractivity contribution in [3.63, 3.8) is 0 Å². The van der Waals surface area contributed by atoms with Gasteiger partial charge in [0, 0.05) is 25.0 Å². The van der Waals surface area contributed by atoms with Crippen molar-refractivity contribution in [1.29, 1.82) is 0 Å². The minimum Gasteiger partial charge on any atom is -0.454 e. The summed E-state index contributed by atoms with van der Waals surface area (Å²) in [6.07, 6.45) is 13.2. The van der Waals surface area contributed by atoms with E-state index >= 15 is 0 Å². The molecule has 3 N–H and O–H groups in total. The van der Waals surface area contributed by atoms with Crippen molar-refractivity contribution < 1.29 is 23.8 Å². The molecule has 2 saturated heterocycles. The summed E-state index contributed by atoms with van der Waals surface area (Å²) in [5.41, 5.74) is 1.72. The average Bonchev–Trinajstić information content (AvgIpc) is 3.70. The predicted molar refractivity (Wildman–Crippen MR) is 180 cm³/mol. The molecule has 1 aromatic carbocycles. The number of ether oxygens (including phenoxy) is 3. The number of benzene rings is 1. The van der Waals surface area contributed by atoms with E-state index in [4.69, 9.17) is 14.2 Å². The third kappa shape index (κ3) is 5.39. The second-order valence-corrected chi connectivity index (χ2v) is 17.3. The molecule has 6 fully saturated rings. The van der Waals surface area contributed by atoms with Gasteiger partial charge in [0.1, 0.15) is 12.1 Å². The molecule has 8 nitrogen and oxygen atoms in total. The number of fused-ring (bicyclic) bond motifs is 8. The number of hydrogen-bond donors (Lipinski definition) is 3. The van der Waals surface area contributed by atoms with Crippen LogP contribution in [0.4, 0.5) is 0 Å². The molecule has 4 saturated carbocycles. The standard InChI is InChI=1S/C39H57N3O5/c1-23-9-15-39(41-21-23)24(2)36-33(47-39)19-30-28-7-6-26-18-27(10-13-37(26,3)29(28)11-14-38(30,36)4)42-35(44)20-34(43)40-16-12-25-5-8-31-32(17-25)46-22-45-31/h5,8,17,23-24,26-30,33,36,41H,6-7,9-16,18-22H2,1-4H3,(H,40,43)(H,42,44)/t23-,24+,26+,27-,28-,29+,30+,33+,36+,37+,38+,39-/m1/s1. The number of carbonyl (C=O) groups excluding carboxylic acids is 2. The third-order valence-electron chi connectivity index (χ3n) is 15.0. The molecule has 4 aliphatic carbocycles. The number of nitrogens with one attached hydrogen (secondary N) is 3. The number of hydrogen-bond acceptors (Lipinski definition) is 6. The van der Waals surface area contributed by atoms with E-state index in [0.717, 1.165) is 60.1 Å². The van der Waals surface area contributed by atoms with E-state index in [0.29, 0.717) is 47.7 Å². The van der Waals surface area contributed by atoms with Crippen LogP contribution in [0.15, 0.2) is 18.2 Å². The van der Waals surface area contributed by atoms with Crippen LogP contribution in [-0.2, 0) is 20.7 Å². The quantitative estimate of drug-likeness (QED) is 0.330. The molecule has 0 radical (unpaired) electrons. The first kappa shape index (κ1) is 31.9. The van der Waals surface area contributed by atoms with E-state index in [9.17, 15) is 9.59 Å². The summed E-state index contributed by atoms with van der Waals surface area (Å²) in [7, 11) is 0. The molecule has 0 aromatic heterocycles. The Bertz CT molecular complexity index is 1380. The van der Waals surface area contributed by atoms with Gasteiger partial charge in [0.15, 0.2) is 11.5 Å². The second kappa shape index (κ2) is 11.9. The lowest BCUT2D eigenvalue weighted by Crippen LogP contribution is -2.58. The lowest BCUT2D eigenvalue weighted by atomic mass is 9.44. The Morgan fingerprint density at radius 2 is 1.74 bits per heavy atom. The zero-order valence-electron chi connectivity index (χ0n) is 29.1. The van der Waals surface area contributed by atoms with Crippen LogP contribution in [0.3, 0.4) is 0 Å². The first-order valence-electron chi connectivity index (χ1n) is 19.0. The zero-order valence-corrected chi connectivity index (χ0v) is 29.1. The minimum atomic E-state index is -0.214. The van der Waals surface area contributed by atoms with Crippen molar-refractivity contribution in [2.24, 2.45) is 52.3 Å². The van der Waals surface area contributed by atoms with E-state index in [1.807, 2.05) is 18.2 Å². The molecule has 0 bridgehead atoms. The van der Waals surface area contributed by atoms with Crippen molar-refractivity contribution in [3.05, 3.63) is 23.8 Å². The first-order chi connectivity index (χ1) is 22.6. The van der Waals surface area contributed by atoms with Gasteiger partial charge in [0.05, 0.1) is 6.10 Å². The molecule has 2 amide bonds. The van der Waals surface area contributed by atoms with Crippen LogP contribution in [-0.4, -0.2) is 49.6 Å². The van der Waals surface area contributed by atoms with Crippen molar-refractivity contribution in [2.45, 2.75) is 123 Å². The molecule has 1 spiro atoms. The summed E-state index contributed by atoms with van der Waals surface area (Å²) in [5, 5.41) is 10.1. The monoisotopic (exact) mass is 647 g/mol. The molecule has 12 atom stereocenters. The Hall–Kier alpha value is -2.32. The molecule has 3 aliphatic heterocycles. The highest BCUT2D eigenvalue weighted by molar-refractivity contribution is 5.96. The largest absolute Gasteiger partial charge is 0.454 e. The van der Waals surface area contributed by atoms with Gasteiger partial charge in [-0.15, -0.1) is 0 Å². The fourth-order valence-corrected chi connectivity index (χ4v) is 12.5. The molecule has 258 valence electrons. The molecule has 0 unspecified atom stereocenters. The highest BCUT2D eigenvalue weighted by Crippen LogP contribution is 2.71.